The predicted molar refractivity (Wildman–Crippen MR) is 75.6 cm³/mol. The van der Waals surface area contributed by atoms with Crippen LogP contribution in [0.15, 0.2) is 0 Å². The fraction of sp³-hybridized carbons (Fsp3) is 0.786. The van der Waals surface area contributed by atoms with Crippen molar-refractivity contribution in [2.75, 3.05) is 13.1 Å². The smallest absolute Gasteiger partial charge is 0.252 e. The zero-order chi connectivity index (χ0) is 15.6. The molecule has 0 unspecified atom stereocenters. The summed E-state index contributed by atoms with van der Waals surface area (Å²) in [7, 11) is 0. The molecule has 1 aliphatic rings. The van der Waals surface area contributed by atoms with E-state index in [2.05, 4.69) is 19.2 Å². The number of hydrogen-bond donors (Lipinski definition) is 2. The quantitative estimate of drug-likeness (QED) is 0.715. The van der Waals surface area contributed by atoms with Crippen molar-refractivity contribution in [1.82, 2.24) is 10.2 Å². The third-order valence-corrected chi connectivity index (χ3v) is 3.92. The molecule has 3 N–H and O–H groups in total. The Hall–Kier alpha value is -1.43. The maximum Gasteiger partial charge on any atom is 0.252 e. The third-order valence-electron chi connectivity index (χ3n) is 3.92. The van der Waals surface area contributed by atoms with E-state index in [-0.39, 0.29) is 17.9 Å². The molecule has 20 heavy (non-hydrogen) atoms. The molecule has 0 aromatic carbocycles. The summed E-state index contributed by atoms with van der Waals surface area (Å²) in [6.07, 6.45) is 1.84. The number of rotatable bonds is 5. The standard InChI is InChI=1S/C14H25N3O3/c1-13(2,7-8-15)6-5-11(19)17-9-10(18)16-12(20)14(17,3)4/h5-9,15H2,1-4H3,(H,16,18,20). The van der Waals surface area contributed by atoms with Crippen LogP contribution in [0.25, 0.3) is 0 Å². The van der Waals surface area contributed by atoms with Crippen LogP contribution < -0.4 is 11.1 Å². The van der Waals surface area contributed by atoms with Gasteiger partial charge in [0, 0.05) is 6.42 Å². The Morgan fingerprint density at radius 3 is 2.50 bits per heavy atom. The van der Waals surface area contributed by atoms with Crippen LogP contribution in [0.2, 0.25) is 0 Å². The molecule has 1 saturated heterocycles. The summed E-state index contributed by atoms with van der Waals surface area (Å²) in [4.78, 5) is 36.9. The van der Waals surface area contributed by atoms with Crippen molar-refractivity contribution in [1.29, 1.82) is 0 Å². The van der Waals surface area contributed by atoms with Crippen LogP contribution in [-0.4, -0.2) is 41.2 Å². The van der Waals surface area contributed by atoms with Gasteiger partial charge in [0.15, 0.2) is 0 Å². The van der Waals surface area contributed by atoms with Gasteiger partial charge in [-0.1, -0.05) is 13.8 Å². The summed E-state index contributed by atoms with van der Waals surface area (Å²) in [5, 5.41) is 2.26. The fourth-order valence-electron chi connectivity index (χ4n) is 2.28. The van der Waals surface area contributed by atoms with Crippen molar-refractivity contribution >= 4 is 17.7 Å². The topological polar surface area (TPSA) is 92.5 Å². The van der Waals surface area contributed by atoms with Gasteiger partial charge in [-0.3, -0.25) is 19.7 Å². The van der Waals surface area contributed by atoms with Gasteiger partial charge in [0.05, 0.1) is 0 Å². The van der Waals surface area contributed by atoms with Crippen molar-refractivity contribution in [2.45, 2.75) is 52.5 Å². The molecule has 1 heterocycles. The highest BCUT2D eigenvalue weighted by Crippen LogP contribution is 2.28. The Morgan fingerprint density at radius 2 is 1.95 bits per heavy atom. The normalized spacial score (nSPS) is 18.9. The van der Waals surface area contributed by atoms with Crippen LogP contribution in [0.4, 0.5) is 0 Å². The molecule has 6 nitrogen and oxygen atoms in total. The molecule has 0 radical (unpaired) electrons. The van der Waals surface area contributed by atoms with Crippen LogP contribution >= 0.6 is 0 Å². The van der Waals surface area contributed by atoms with E-state index in [9.17, 15) is 14.4 Å². The summed E-state index contributed by atoms with van der Waals surface area (Å²) in [6, 6.07) is 0. The van der Waals surface area contributed by atoms with Gasteiger partial charge in [0.2, 0.25) is 11.8 Å². The zero-order valence-electron chi connectivity index (χ0n) is 12.8. The van der Waals surface area contributed by atoms with Crippen LogP contribution in [0.1, 0.15) is 47.0 Å². The Morgan fingerprint density at radius 1 is 1.35 bits per heavy atom. The van der Waals surface area contributed by atoms with Gasteiger partial charge in [-0.05, 0) is 38.6 Å². The highest BCUT2D eigenvalue weighted by Gasteiger charge is 2.43. The van der Waals surface area contributed by atoms with Gasteiger partial charge < -0.3 is 10.6 Å². The number of piperazine rings is 1. The van der Waals surface area contributed by atoms with E-state index in [0.29, 0.717) is 19.4 Å². The Balaban J connectivity index is 2.70. The summed E-state index contributed by atoms with van der Waals surface area (Å²) >= 11 is 0. The number of hydrogen-bond acceptors (Lipinski definition) is 4. The van der Waals surface area contributed by atoms with E-state index >= 15 is 0 Å². The van der Waals surface area contributed by atoms with Gasteiger partial charge >= 0.3 is 0 Å². The van der Waals surface area contributed by atoms with Gasteiger partial charge in [-0.25, -0.2) is 0 Å². The van der Waals surface area contributed by atoms with E-state index in [4.69, 9.17) is 5.73 Å². The number of carbonyl (C=O) groups excluding carboxylic acids is 3. The minimum absolute atomic E-state index is 0.0173. The second-order valence-corrected chi connectivity index (χ2v) is 6.62. The molecule has 0 saturated carbocycles. The number of carbonyl (C=O) groups is 3. The van der Waals surface area contributed by atoms with Crippen molar-refractivity contribution in [2.24, 2.45) is 11.1 Å². The SMILES string of the molecule is CC(C)(CCN)CCC(=O)N1CC(=O)NC(=O)C1(C)C. The van der Waals surface area contributed by atoms with E-state index in [0.717, 1.165) is 6.42 Å². The zero-order valence-corrected chi connectivity index (χ0v) is 12.8. The lowest BCUT2D eigenvalue weighted by Gasteiger charge is -2.40. The second-order valence-electron chi connectivity index (χ2n) is 6.62. The maximum absolute atomic E-state index is 12.3. The molecule has 1 aliphatic heterocycles. The van der Waals surface area contributed by atoms with Gasteiger partial charge in [0.25, 0.3) is 5.91 Å². The first kappa shape index (κ1) is 16.6. The predicted octanol–water partition coefficient (Wildman–Crippen LogP) is 0.405. The summed E-state index contributed by atoms with van der Waals surface area (Å²) in [5.74, 6) is -1.02. The minimum Gasteiger partial charge on any atom is -0.330 e. The molecule has 0 spiro atoms. The van der Waals surface area contributed by atoms with E-state index in [1.807, 2.05) is 0 Å². The van der Waals surface area contributed by atoms with Crippen LogP contribution in [0.5, 0.6) is 0 Å². The molecular weight excluding hydrogens is 258 g/mol. The number of nitrogens with zero attached hydrogens (tertiary/aromatic N) is 1. The van der Waals surface area contributed by atoms with Crippen LogP contribution in [0.3, 0.4) is 0 Å². The number of imide groups is 1. The molecule has 0 aromatic heterocycles. The monoisotopic (exact) mass is 283 g/mol. The molecule has 3 amide bonds. The van der Waals surface area contributed by atoms with Gasteiger partial charge in [0.1, 0.15) is 12.1 Å². The molecule has 0 bridgehead atoms. The minimum atomic E-state index is -0.983. The van der Waals surface area contributed by atoms with Gasteiger partial charge in [-0.15, -0.1) is 0 Å². The summed E-state index contributed by atoms with van der Waals surface area (Å²) in [6.45, 7) is 7.94. The highest BCUT2D eigenvalue weighted by atomic mass is 16.2. The fourth-order valence-corrected chi connectivity index (χ4v) is 2.28. The van der Waals surface area contributed by atoms with Crippen LogP contribution in [-0.2, 0) is 14.4 Å². The molecule has 6 heteroatoms. The number of amides is 3. The lowest BCUT2D eigenvalue weighted by Crippen LogP contribution is -2.65. The Bertz CT molecular complexity index is 416. The summed E-state index contributed by atoms with van der Waals surface area (Å²) in [5.41, 5.74) is 4.55. The molecule has 1 rings (SSSR count). The van der Waals surface area contributed by atoms with E-state index < -0.39 is 17.4 Å². The van der Waals surface area contributed by atoms with Crippen LogP contribution in [0, 0.1) is 5.41 Å². The average Bonchev–Trinajstić information content (AvgIpc) is 2.31. The van der Waals surface area contributed by atoms with Crippen molar-refractivity contribution in [3.8, 4) is 0 Å². The summed E-state index contributed by atoms with van der Waals surface area (Å²) < 4.78 is 0. The first-order valence-corrected chi connectivity index (χ1v) is 6.95. The second kappa shape index (κ2) is 5.91. The van der Waals surface area contributed by atoms with E-state index in [1.54, 1.807) is 13.8 Å². The number of nitrogens with two attached hydrogens (primary N) is 1. The maximum atomic E-state index is 12.3. The average molecular weight is 283 g/mol. The van der Waals surface area contributed by atoms with Gasteiger partial charge in [-0.2, -0.15) is 0 Å². The highest BCUT2D eigenvalue weighted by molar-refractivity contribution is 6.06. The van der Waals surface area contributed by atoms with Crippen molar-refractivity contribution in [3.05, 3.63) is 0 Å². The Labute approximate surface area is 120 Å². The lowest BCUT2D eigenvalue weighted by molar-refractivity contribution is -0.155. The first-order chi connectivity index (χ1) is 9.10. The molecule has 0 aromatic rings. The third kappa shape index (κ3) is 3.79. The molecule has 0 atom stereocenters. The molecule has 114 valence electrons. The molecule has 1 fully saturated rings. The Kier molecular flexibility index (Phi) is 4.91. The van der Waals surface area contributed by atoms with E-state index in [1.165, 1.54) is 4.90 Å². The lowest BCUT2D eigenvalue weighted by atomic mass is 9.84. The first-order valence-electron chi connectivity index (χ1n) is 6.95. The largest absolute Gasteiger partial charge is 0.330 e. The van der Waals surface area contributed by atoms with Crippen molar-refractivity contribution < 1.29 is 14.4 Å². The molecular formula is C14H25N3O3. The number of nitrogens with one attached hydrogen (secondary N) is 1. The van der Waals surface area contributed by atoms with Crippen molar-refractivity contribution in [3.63, 3.8) is 0 Å². The molecule has 0 aliphatic carbocycles.